The largest absolute Gasteiger partial charge is 0.399 e. The first-order chi connectivity index (χ1) is 9.56. The molecule has 3 N–H and O–H groups in total. The van der Waals surface area contributed by atoms with Crippen LogP contribution in [0.3, 0.4) is 0 Å². The van der Waals surface area contributed by atoms with Crippen molar-refractivity contribution in [3.05, 3.63) is 59.4 Å². The van der Waals surface area contributed by atoms with Crippen LogP contribution in [-0.4, -0.2) is 9.97 Å². The number of aromatic nitrogens is 2. The summed E-state index contributed by atoms with van der Waals surface area (Å²) in [6, 6.07) is 9.97. The summed E-state index contributed by atoms with van der Waals surface area (Å²) in [7, 11) is 0. The van der Waals surface area contributed by atoms with Crippen LogP contribution in [0.15, 0.2) is 43.0 Å². The number of nitrogens with one attached hydrogen (secondary N) is 1. The summed E-state index contributed by atoms with van der Waals surface area (Å²) in [5.74, 6) is -0.0251. The average molecular weight is 288 g/mol. The minimum absolute atomic E-state index is 0.262. The van der Waals surface area contributed by atoms with Gasteiger partial charge in [-0.05, 0) is 29.8 Å². The lowest BCUT2D eigenvalue weighted by molar-refractivity contribution is 0.630. The van der Waals surface area contributed by atoms with Crippen molar-refractivity contribution in [1.29, 1.82) is 0 Å². The summed E-state index contributed by atoms with van der Waals surface area (Å²) in [6.45, 7) is 3.69. The zero-order chi connectivity index (χ0) is 14.3. The molecule has 3 nitrogen and oxygen atoms in total. The number of fused-ring (bicyclic) bond motifs is 1. The summed E-state index contributed by atoms with van der Waals surface area (Å²) in [5.41, 5.74) is 8.65. The highest BCUT2D eigenvalue weighted by atomic mass is 35.5. The van der Waals surface area contributed by atoms with E-state index in [2.05, 4.69) is 16.5 Å². The maximum atomic E-state index is 13.9. The molecule has 0 bridgehead atoms. The standard InChI is InChI=1S/C15H11ClFN3/c1-8(18)9-5-6-12-13(7-9)20-15(19-12)14-10(16)3-2-4-11(14)17/h2-7H,1,18H2,(H,19,20). The Morgan fingerprint density at radius 1 is 1.30 bits per heavy atom. The third kappa shape index (κ3) is 2.04. The van der Waals surface area contributed by atoms with E-state index in [1.54, 1.807) is 18.2 Å². The third-order valence-corrected chi connectivity index (χ3v) is 3.37. The van der Waals surface area contributed by atoms with E-state index in [4.69, 9.17) is 17.3 Å². The van der Waals surface area contributed by atoms with Crippen LogP contribution in [0.5, 0.6) is 0 Å². The highest BCUT2D eigenvalue weighted by Crippen LogP contribution is 2.30. The van der Waals surface area contributed by atoms with Gasteiger partial charge in [-0.2, -0.15) is 0 Å². The number of H-pyrrole nitrogens is 1. The van der Waals surface area contributed by atoms with Gasteiger partial charge in [0.15, 0.2) is 0 Å². The van der Waals surface area contributed by atoms with Crippen LogP contribution in [-0.2, 0) is 0 Å². The van der Waals surface area contributed by atoms with Gasteiger partial charge in [0.2, 0.25) is 0 Å². The lowest BCUT2D eigenvalue weighted by Gasteiger charge is -2.01. The average Bonchev–Trinajstić information content (AvgIpc) is 2.80. The van der Waals surface area contributed by atoms with E-state index < -0.39 is 5.82 Å². The SMILES string of the molecule is C=C(N)c1ccc2nc(-c3c(F)cccc3Cl)[nH]c2c1. The number of hydrogen-bond donors (Lipinski definition) is 2. The number of aromatic amines is 1. The summed E-state index contributed by atoms with van der Waals surface area (Å²) in [4.78, 5) is 7.41. The normalized spacial score (nSPS) is 10.9. The topological polar surface area (TPSA) is 54.7 Å². The van der Waals surface area contributed by atoms with E-state index in [9.17, 15) is 4.39 Å². The fourth-order valence-electron chi connectivity index (χ4n) is 2.05. The number of nitrogens with zero attached hydrogens (tertiary/aromatic N) is 1. The summed E-state index contributed by atoms with van der Waals surface area (Å²) >= 11 is 6.04. The molecule has 3 rings (SSSR count). The molecular weight excluding hydrogens is 277 g/mol. The molecule has 0 aliphatic carbocycles. The van der Waals surface area contributed by atoms with Crippen molar-refractivity contribution >= 4 is 28.3 Å². The first-order valence-electron chi connectivity index (χ1n) is 5.95. The Bertz CT molecular complexity index is 803. The molecule has 0 spiro atoms. The van der Waals surface area contributed by atoms with Gasteiger partial charge in [-0.15, -0.1) is 0 Å². The number of nitrogens with two attached hydrogens (primary N) is 1. The first-order valence-corrected chi connectivity index (χ1v) is 6.33. The Hall–Kier alpha value is -2.33. The molecule has 1 aromatic heterocycles. The van der Waals surface area contributed by atoms with Crippen LogP contribution < -0.4 is 5.73 Å². The summed E-state index contributed by atoms with van der Waals surface area (Å²) in [5, 5.41) is 0.313. The number of benzene rings is 2. The van der Waals surface area contributed by atoms with Gasteiger partial charge in [0, 0.05) is 5.70 Å². The van der Waals surface area contributed by atoms with Crippen LogP contribution in [0, 0.1) is 5.82 Å². The maximum Gasteiger partial charge on any atom is 0.142 e. The zero-order valence-corrected chi connectivity index (χ0v) is 11.2. The van der Waals surface area contributed by atoms with Gasteiger partial charge in [-0.3, -0.25) is 0 Å². The van der Waals surface area contributed by atoms with E-state index in [1.807, 2.05) is 12.1 Å². The van der Waals surface area contributed by atoms with Crippen molar-refractivity contribution in [3.8, 4) is 11.4 Å². The smallest absolute Gasteiger partial charge is 0.142 e. The molecule has 2 aromatic carbocycles. The third-order valence-electron chi connectivity index (χ3n) is 3.05. The van der Waals surface area contributed by atoms with Gasteiger partial charge in [0.25, 0.3) is 0 Å². The number of halogens is 2. The van der Waals surface area contributed by atoms with Crippen LogP contribution in [0.1, 0.15) is 5.56 Å². The number of rotatable bonds is 2. The molecule has 0 saturated carbocycles. The van der Waals surface area contributed by atoms with Crippen molar-refractivity contribution in [2.75, 3.05) is 0 Å². The molecule has 0 aliphatic heterocycles. The molecule has 0 unspecified atom stereocenters. The predicted octanol–water partition coefficient (Wildman–Crippen LogP) is 3.95. The Labute approximate surface area is 119 Å². The molecule has 3 aromatic rings. The van der Waals surface area contributed by atoms with Gasteiger partial charge >= 0.3 is 0 Å². The molecule has 0 amide bonds. The number of imidazole rings is 1. The molecule has 0 saturated heterocycles. The van der Waals surface area contributed by atoms with Crippen molar-refractivity contribution in [3.63, 3.8) is 0 Å². The Kier molecular flexibility index (Phi) is 2.95. The maximum absolute atomic E-state index is 13.9. The minimum atomic E-state index is -0.417. The highest BCUT2D eigenvalue weighted by Gasteiger charge is 2.14. The minimum Gasteiger partial charge on any atom is -0.399 e. The van der Waals surface area contributed by atoms with Crippen molar-refractivity contribution in [2.24, 2.45) is 5.73 Å². The lowest BCUT2D eigenvalue weighted by Crippen LogP contribution is -1.92. The van der Waals surface area contributed by atoms with E-state index in [0.29, 0.717) is 22.1 Å². The molecule has 100 valence electrons. The van der Waals surface area contributed by atoms with Gasteiger partial charge in [0.1, 0.15) is 11.6 Å². The molecule has 20 heavy (non-hydrogen) atoms. The highest BCUT2D eigenvalue weighted by molar-refractivity contribution is 6.33. The second-order valence-electron chi connectivity index (χ2n) is 4.44. The van der Waals surface area contributed by atoms with Gasteiger partial charge in [0.05, 0.1) is 21.6 Å². The number of hydrogen-bond acceptors (Lipinski definition) is 2. The van der Waals surface area contributed by atoms with E-state index in [1.165, 1.54) is 6.07 Å². The summed E-state index contributed by atoms with van der Waals surface area (Å²) in [6.07, 6.45) is 0. The fourth-order valence-corrected chi connectivity index (χ4v) is 2.30. The van der Waals surface area contributed by atoms with Gasteiger partial charge in [-0.1, -0.05) is 30.3 Å². The Balaban J connectivity index is 2.21. The molecule has 0 aliphatic rings. The monoisotopic (exact) mass is 287 g/mol. The summed E-state index contributed by atoms with van der Waals surface area (Å²) < 4.78 is 13.9. The Morgan fingerprint density at radius 3 is 2.80 bits per heavy atom. The molecular formula is C15H11ClFN3. The predicted molar refractivity (Wildman–Crippen MR) is 79.7 cm³/mol. The fraction of sp³-hybridized carbons (Fsp3) is 0. The molecule has 0 radical (unpaired) electrons. The quantitative estimate of drug-likeness (QED) is 0.750. The van der Waals surface area contributed by atoms with Crippen LogP contribution in [0.4, 0.5) is 4.39 Å². The van der Waals surface area contributed by atoms with Crippen LogP contribution in [0.2, 0.25) is 5.02 Å². The molecule has 0 atom stereocenters. The molecule has 0 fully saturated rings. The molecule has 5 heteroatoms. The van der Waals surface area contributed by atoms with E-state index in [0.717, 1.165) is 11.1 Å². The second-order valence-corrected chi connectivity index (χ2v) is 4.85. The van der Waals surface area contributed by atoms with Gasteiger partial charge < -0.3 is 10.7 Å². The second kappa shape index (κ2) is 4.65. The van der Waals surface area contributed by atoms with Crippen LogP contribution in [0.25, 0.3) is 28.1 Å². The Morgan fingerprint density at radius 2 is 2.10 bits per heavy atom. The van der Waals surface area contributed by atoms with E-state index >= 15 is 0 Å². The van der Waals surface area contributed by atoms with Crippen LogP contribution >= 0.6 is 11.6 Å². The van der Waals surface area contributed by atoms with Crippen molar-refractivity contribution in [1.82, 2.24) is 9.97 Å². The first kappa shape index (κ1) is 12.7. The van der Waals surface area contributed by atoms with Crippen molar-refractivity contribution in [2.45, 2.75) is 0 Å². The van der Waals surface area contributed by atoms with E-state index in [-0.39, 0.29) is 5.56 Å². The van der Waals surface area contributed by atoms with Crippen molar-refractivity contribution < 1.29 is 4.39 Å². The lowest BCUT2D eigenvalue weighted by atomic mass is 10.1. The molecule has 1 heterocycles. The zero-order valence-electron chi connectivity index (χ0n) is 10.5. The van der Waals surface area contributed by atoms with Gasteiger partial charge in [-0.25, -0.2) is 9.37 Å².